The minimum Gasteiger partial charge on any atom is -0.494 e. The monoisotopic (exact) mass is 338 g/mol. The topological polar surface area (TPSA) is 61.8 Å². The Morgan fingerprint density at radius 3 is 2.83 bits per heavy atom. The zero-order chi connectivity index (χ0) is 17.7. The van der Waals surface area contributed by atoms with Gasteiger partial charge in [0.2, 0.25) is 0 Å². The Kier molecular flexibility index (Phi) is 6.43. The fourth-order valence-corrected chi connectivity index (χ4v) is 3.16. The molecule has 3 atom stereocenters. The second-order valence-corrected chi connectivity index (χ2v) is 6.56. The summed E-state index contributed by atoms with van der Waals surface area (Å²) in [6, 6.07) is 4.08. The maximum atomic E-state index is 13.5. The maximum absolute atomic E-state index is 13.5. The number of carbonyl (C=O) groups excluding carboxylic acids is 1. The van der Waals surface area contributed by atoms with Gasteiger partial charge in [-0.2, -0.15) is 0 Å². The first kappa shape index (κ1) is 18.5. The van der Waals surface area contributed by atoms with Crippen molar-refractivity contribution in [2.75, 3.05) is 20.7 Å². The predicted molar refractivity (Wildman–Crippen MR) is 90.5 cm³/mol. The molecule has 0 unspecified atom stereocenters. The molecule has 2 amide bonds. The summed E-state index contributed by atoms with van der Waals surface area (Å²) in [7, 11) is 3.14. The van der Waals surface area contributed by atoms with Crippen molar-refractivity contribution in [3.05, 3.63) is 29.6 Å². The number of nitrogens with zero attached hydrogens (tertiary/aromatic N) is 1. The molecule has 1 aliphatic rings. The maximum Gasteiger partial charge on any atom is 0.317 e. The second-order valence-electron chi connectivity index (χ2n) is 6.56. The second kappa shape index (κ2) is 8.33. The van der Waals surface area contributed by atoms with Crippen molar-refractivity contribution < 1.29 is 19.0 Å². The smallest absolute Gasteiger partial charge is 0.317 e. The van der Waals surface area contributed by atoms with Crippen molar-refractivity contribution in [2.24, 2.45) is 5.92 Å². The highest BCUT2D eigenvalue weighted by Gasteiger charge is 2.26. The lowest BCUT2D eigenvalue weighted by Gasteiger charge is -2.31. The third-order valence-electron chi connectivity index (χ3n) is 4.74. The number of rotatable bonds is 5. The van der Waals surface area contributed by atoms with E-state index in [1.165, 1.54) is 13.2 Å². The van der Waals surface area contributed by atoms with E-state index in [0.29, 0.717) is 6.54 Å². The Balaban J connectivity index is 1.92. The number of methoxy groups -OCH3 is 1. The van der Waals surface area contributed by atoms with E-state index in [2.05, 4.69) is 5.32 Å². The van der Waals surface area contributed by atoms with Crippen LogP contribution < -0.4 is 10.1 Å². The van der Waals surface area contributed by atoms with Crippen LogP contribution in [0.2, 0.25) is 0 Å². The van der Waals surface area contributed by atoms with Gasteiger partial charge < -0.3 is 20.1 Å². The quantitative estimate of drug-likeness (QED) is 0.867. The number of urea groups is 1. The Hall–Kier alpha value is -1.82. The molecule has 0 aliphatic heterocycles. The number of ether oxygens (including phenoxy) is 1. The lowest BCUT2D eigenvalue weighted by molar-refractivity contribution is 0.0563. The molecule has 0 saturated heterocycles. The van der Waals surface area contributed by atoms with E-state index in [1.54, 1.807) is 24.1 Å². The highest BCUT2D eigenvalue weighted by atomic mass is 19.1. The first-order chi connectivity index (χ1) is 11.4. The van der Waals surface area contributed by atoms with Crippen LogP contribution >= 0.6 is 0 Å². The minimum absolute atomic E-state index is 0.135. The van der Waals surface area contributed by atoms with Gasteiger partial charge in [-0.25, -0.2) is 9.18 Å². The van der Waals surface area contributed by atoms with Crippen LogP contribution in [0.1, 0.15) is 44.2 Å². The molecule has 1 saturated carbocycles. The fourth-order valence-electron chi connectivity index (χ4n) is 3.16. The number of halogens is 1. The van der Waals surface area contributed by atoms with E-state index in [0.717, 1.165) is 31.2 Å². The van der Waals surface area contributed by atoms with E-state index >= 15 is 0 Å². The molecule has 24 heavy (non-hydrogen) atoms. The number of amides is 2. The number of carbonyl (C=O) groups is 1. The van der Waals surface area contributed by atoms with Gasteiger partial charge in [0.15, 0.2) is 11.6 Å². The SMILES string of the molecule is COc1cc([C@H](C)NC(=O)N(C)C[C@@H]2CCCC[C@H]2O)ccc1F. The molecule has 1 fully saturated rings. The molecular formula is C18H27FN2O3. The summed E-state index contributed by atoms with van der Waals surface area (Å²) in [5.74, 6) is -0.133. The van der Waals surface area contributed by atoms with E-state index in [-0.39, 0.29) is 29.8 Å². The molecule has 1 aliphatic carbocycles. The van der Waals surface area contributed by atoms with Crippen molar-refractivity contribution in [3.63, 3.8) is 0 Å². The average molecular weight is 338 g/mol. The highest BCUT2D eigenvalue weighted by Crippen LogP contribution is 2.25. The molecule has 1 aromatic rings. The minimum atomic E-state index is -0.428. The number of benzene rings is 1. The first-order valence-corrected chi connectivity index (χ1v) is 8.45. The van der Waals surface area contributed by atoms with Gasteiger partial charge in [0, 0.05) is 19.5 Å². The Morgan fingerprint density at radius 1 is 1.46 bits per heavy atom. The van der Waals surface area contributed by atoms with Crippen LogP contribution in [0.25, 0.3) is 0 Å². The van der Waals surface area contributed by atoms with Gasteiger partial charge >= 0.3 is 6.03 Å². The molecule has 0 aromatic heterocycles. The molecule has 0 bridgehead atoms. The van der Waals surface area contributed by atoms with Crippen LogP contribution in [0.15, 0.2) is 18.2 Å². The highest BCUT2D eigenvalue weighted by molar-refractivity contribution is 5.74. The van der Waals surface area contributed by atoms with Crippen molar-refractivity contribution in [2.45, 2.75) is 44.8 Å². The molecule has 2 N–H and O–H groups in total. The van der Waals surface area contributed by atoms with Gasteiger partial charge in [-0.15, -0.1) is 0 Å². The van der Waals surface area contributed by atoms with Crippen LogP contribution in [0, 0.1) is 11.7 Å². The zero-order valence-electron chi connectivity index (χ0n) is 14.6. The lowest BCUT2D eigenvalue weighted by atomic mass is 9.86. The standard InChI is InChI=1S/C18H27FN2O3/c1-12(13-8-9-15(19)17(10-13)24-3)20-18(23)21(2)11-14-6-4-5-7-16(14)22/h8-10,12,14,16,22H,4-7,11H2,1-3H3,(H,20,23)/t12-,14-,16+/m0/s1. The Labute approximate surface area is 142 Å². The molecule has 0 heterocycles. The van der Waals surface area contributed by atoms with Crippen molar-refractivity contribution >= 4 is 6.03 Å². The molecule has 0 radical (unpaired) electrons. The summed E-state index contributed by atoms with van der Waals surface area (Å²) >= 11 is 0. The van der Waals surface area contributed by atoms with Crippen molar-refractivity contribution in [1.82, 2.24) is 10.2 Å². The van der Waals surface area contributed by atoms with Crippen molar-refractivity contribution in [1.29, 1.82) is 0 Å². The molecule has 0 spiro atoms. The largest absolute Gasteiger partial charge is 0.494 e. The predicted octanol–water partition coefficient (Wildman–Crippen LogP) is 3.09. The number of aliphatic hydroxyl groups excluding tert-OH is 1. The lowest BCUT2D eigenvalue weighted by Crippen LogP contribution is -2.43. The zero-order valence-corrected chi connectivity index (χ0v) is 14.6. The summed E-state index contributed by atoms with van der Waals surface area (Å²) in [5.41, 5.74) is 0.771. The van der Waals surface area contributed by atoms with Crippen molar-refractivity contribution in [3.8, 4) is 5.75 Å². The summed E-state index contributed by atoms with van der Waals surface area (Å²) in [5, 5.41) is 12.9. The number of hydrogen-bond acceptors (Lipinski definition) is 3. The summed E-state index contributed by atoms with van der Waals surface area (Å²) in [6.45, 7) is 2.38. The van der Waals surface area contributed by atoms with Gasteiger partial charge in [-0.1, -0.05) is 18.9 Å². The Morgan fingerprint density at radius 2 is 2.17 bits per heavy atom. The molecule has 134 valence electrons. The molecule has 5 nitrogen and oxygen atoms in total. The van der Waals surface area contributed by atoms with E-state index in [4.69, 9.17) is 4.74 Å². The summed E-state index contributed by atoms with van der Waals surface area (Å²) in [4.78, 5) is 14.0. The van der Waals surface area contributed by atoms with Gasteiger partial charge in [-0.3, -0.25) is 0 Å². The number of hydrogen-bond donors (Lipinski definition) is 2. The first-order valence-electron chi connectivity index (χ1n) is 8.45. The summed E-state index contributed by atoms with van der Waals surface area (Å²) in [6.07, 6.45) is 3.59. The third kappa shape index (κ3) is 4.60. The van der Waals surface area contributed by atoms with Crippen LogP contribution in [0.3, 0.4) is 0 Å². The molecule has 2 rings (SSSR count). The average Bonchev–Trinajstić information content (AvgIpc) is 2.57. The van der Waals surface area contributed by atoms with Crippen LogP contribution in [-0.2, 0) is 0 Å². The summed E-state index contributed by atoms with van der Waals surface area (Å²) < 4.78 is 18.5. The number of nitrogens with one attached hydrogen (secondary N) is 1. The fraction of sp³-hybridized carbons (Fsp3) is 0.611. The van der Waals surface area contributed by atoms with Gasteiger partial charge in [0.05, 0.1) is 19.3 Å². The van der Waals surface area contributed by atoms with E-state index < -0.39 is 5.82 Å². The van der Waals surface area contributed by atoms with Crippen LogP contribution in [0.5, 0.6) is 5.75 Å². The van der Waals surface area contributed by atoms with E-state index in [9.17, 15) is 14.3 Å². The van der Waals surface area contributed by atoms with Crippen LogP contribution in [-0.4, -0.2) is 42.8 Å². The van der Waals surface area contributed by atoms with E-state index in [1.807, 2.05) is 6.92 Å². The molecule has 1 aromatic carbocycles. The Bertz CT molecular complexity index is 567. The number of aliphatic hydroxyl groups is 1. The van der Waals surface area contributed by atoms with Gasteiger partial charge in [0.25, 0.3) is 0 Å². The van der Waals surface area contributed by atoms with Gasteiger partial charge in [-0.05, 0) is 37.5 Å². The third-order valence-corrected chi connectivity index (χ3v) is 4.74. The molecular weight excluding hydrogens is 311 g/mol. The normalized spacial score (nSPS) is 21.9. The molecule has 6 heteroatoms. The van der Waals surface area contributed by atoms with Gasteiger partial charge in [0.1, 0.15) is 0 Å². The van der Waals surface area contributed by atoms with Crippen LogP contribution in [0.4, 0.5) is 9.18 Å².